The maximum atomic E-state index is 4.93. The van der Waals surface area contributed by atoms with E-state index in [2.05, 4.69) is 56.3 Å². The van der Waals surface area contributed by atoms with Gasteiger partial charge in [-0.3, -0.25) is 0 Å². The fourth-order valence-corrected chi connectivity index (χ4v) is 2.26. The van der Waals surface area contributed by atoms with Gasteiger partial charge in [0.15, 0.2) is 0 Å². The molecule has 0 saturated carbocycles. The van der Waals surface area contributed by atoms with E-state index >= 15 is 0 Å². The van der Waals surface area contributed by atoms with Crippen LogP contribution >= 0.6 is 17.0 Å². The minimum absolute atomic E-state index is 0.826. The van der Waals surface area contributed by atoms with Crippen molar-refractivity contribution in [1.29, 1.82) is 0 Å². The molecule has 3 heteroatoms. The predicted octanol–water partition coefficient (Wildman–Crippen LogP) is 5.71. The summed E-state index contributed by atoms with van der Waals surface area (Å²) in [6.07, 6.45) is 0. The van der Waals surface area contributed by atoms with Crippen molar-refractivity contribution >= 4 is 38.6 Å². The van der Waals surface area contributed by atoms with Crippen LogP contribution in [0.25, 0.3) is 21.5 Å². The van der Waals surface area contributed by atoms with E-state index in [4.69, 9.17) is 17.0 Å². The molecule has 0 heterocycles. The number of hydrogen-bond acceptors (Lipinski definition) is 0. The molecule has 0 N–H and O–H groups in total. The summed E-state index contributed by atoms with van der Waals surface area (Å²) < 4.78 is 0. The zero-order valence-electron chi connectivity index (χ0n) is 10.3. The molecule has 0 aliphatic heterocycles. The third kappa shape index (κ3) is 3.02. The van der Waals surface area contributed by atoms with Gasteiger partial charge in [-0.1, -0.05) is 35.4 Å². The Hall–Kier alpha value is -0.227. The molecule has 3 aromatic carbocycles. The summed E-state index contributed by atoms with van der Waals surface area (Å²) in [5, 5.41) is 5.46. The summed E-state index contributed by atoms with van der Waals surface area (Å²) >= 11 is -0.826. The molecule has 0 saturated heterocycles. The average molecular weight is 355 g/mol. The Kier molecular flexibility index (Phi) is 4.95. The van der Waals surface area contributed by atoms with Gasteiger partial charge in [0.05, 0.1) is 0 Å². The van der Waals surface area contributed by atoms with Crippen LogP contribution in [0.1, 0.15) is 11.1 Å². The van der Waals surface area contributed by atoms with E-state index in [0.717, 1.165) is 0 Å². The molecule has 0 aliphatic carbocycles. The molecule has 3 rings (SSSR count). The Morgan fingerprint density at radius 3 is 1.61 bits per heavy atom. The summed E-state index contributed by atoms with van der Waals surface area (Å²) in [4.78, 5) is 0. The molecule has 0 bridgehead atoms. The van der Waals surface area contributed by atoms with Gasteiger partial charge in [0.25, 0.3) is 0 Å². The Bertz CT molecular complexity index is 614. The number of rotatable bonds is 0. The summed E-state index contributed by atoms with van der Waals surface area (Å²) in [6, 6.07) is 15.6. The molecule has 0 radical (unpaired) electrons. The number of halogens is 2. The molecular weight excluding hydrogens is 342 g/mol. The first-order valence-electron chi connectivity index (χ1n) is 5.68. The van der Waals surface area contributed by atoms with Gasteiger partial charge in [-0.25, -0.2) is 0 Å². The van der Waals surface area contributed by atoms with Crippen LogP contribution in [0.2, 0.25) is 0 Å². The van der Waals surface area contributed by atoms with E-state index in [9.17, 15) is 0 Å². The van der Waals surface area contributed by atoms with E-state index in [1.165, 1.54) is 32.7 Å². The van der Waals surface area contributed by atoms with Gasteiger partial charge in [-0.2, -0.15) is 0 Å². The number of benzene rings is 2. The molecule has 18 heavy (non-hydrogen) atoms. The van der Waals surface area contributed by atoms with Crippen molar-refractivity contribution in [3.05, 3.63) is 53.6 Å². The Morgan fingerprint density at radius 1 is 0.833 bits per heavy atom. The fourth-order valence-electron chi connectivity index (χ4n) is 2.26. The quantitative estimate of drug-likeness (QED) is 0.454. The van der Waals surface area contributed by atoms with Gasteiger partial charge >= 0.3 is 37.9 Å². The van der Waals surface area contributed by atoms with Gasteiger partial charge in [-0.15, -0.1) is 39.7 Å². The van der Waals surface area contributed by atoms with Crippen molar-refractivity contribution in [2.75, 3.05) is 0 Å². The van der Waals surface area contributed by atoms with Crippen molar-refractivity contribution in [1.82, 2.24) is 0 Å². The van der Waals surface area contributed by atoms with Crippen LogP contribution in [0.15, 0.2) is 42.5 Å². The van der Waals surface area contributed by atoms with Gasteiger partial charge in [0.1, 0.15) is 0 Å². The molecule has 92 valence electrons. The first-order chi connectivity index (χ1) is 8.65. The second-order valence-corrected chi connectivity index (χ2v) is 8.13. The number of aryl methyl sites for hydroxylation is 2. The van der Waals surface area contributed by atoms with E-state index in [0.29, 0.717) is 0 Å². The summed E-state index contributed by atoms with van der Waals surface area (Å²) in [5.41, 5.74) is 2.66. The topological polar surface area (TPSA) is 0 Å². The van der Waals surface area contributed by atoms with Gasteiger partial charge < -0.3 is 0 Å². The summed E-state index contributed by atoms with van der Waals surface area (Å²) in [7, 11) is 9.87. The number of hydrogen-bond donors (Lipinski definition) is 0. The third-order valence-corrected chi connectivity index (χ3v) is 3.02. The van der Waals surface area contributed by atoms with Crippen molar-refractivity contribution in [2.45, 2.75) is 13.8 Å². The molecule has 0 aliphatic rings. The molecule has 0 aromatic heterocycles. The van der Waals surface area contributed by atoms with Gasteiger partial charge in [0.2, 0.25) is 0 Å². The van der Waals surface area contributed by atoms with Gasteiger partial charge in [-0.05, 0) is 13.8 Å². The fraction of sp³-hybridized carbons (Fsp3) is 0.133. The van der Waals surface area contributed by atoms with Crippen molar-refractivity contribution in [3.8, 4) is 0 Å². The first-order valence-corrected chi connectivity index (χ1v) is 12.0. The van der Waals surface area contributed by atoms with Crippen LogP contribution in [0.3, 0.4) is 0 Å². The molecule has 0 amide bonds. The maximum absolute atomic E-state index is 4.93. The zero-order valence-corrected chi connectivity index (χ0v) is 14.3. The van der Waals surface area contributed by atoms with E-state index in [1.54, 1.807) is 0 Å². The Balaban J connectivity index is 0.000000367. The van der Waals surface area contributed by atoms with Crippen molar-refractivity contribution in [2.24, 2.45) is 0 Å². The minimum atomic E-state index is -0.826. The predicted molar refractivity (Wildman–Crippen MR) is 78.2 cm³/mol. The second kappa shape index (κ2) is 6.28. The van der Waals surface area contributed by atoms with Crippen LogP contribution in [0, 0.1) is 13.8 Å². The Morgan fingerprint density at radius 2 is 1.22 bits per heavy atom. The second-order valence-electron chi connectivity index (χ2n) is 4.40. The SMILES string of the molecule is Cc1ccc2c(c1)[cH-]c1cc(C)ccc12.[Cl][Zr][Cl]. The van der Waals surface area contributed by atoms with Crippen LogP contribution in [0.5, 0.6) is 0 Å². The van der Waals surface area contributed by atoms with Crippen LogP contribution in [-0.4, -0.2) is 0 Å². The first kappa shape index (κ1) is 14.2. The molecular formula is C15H13Cl2Zr-. The van der Waals surface area contributed by atoms with E-state index in [-0.39, 0.29) is 0 Å². The van der Waals surface area contributed by atoms with Crippen LogP contribution in [-0.2, 0) is 20.8 Å². The van der Waals surface area contributed by atoms with Crippen molar-refractivity contribution < 1.29 is 20.8 Å². The van der Waals surface area contributed by atoms with Crippen LogP contribution < -0.4 is 0 Å². The monoisotopic (exact) mass is 353 g/mol. The molecule has 0 spiro atoms. The molecule has 3 aromatic rings. The van der Waals surface area contributed by atoms with E-state index in [1.807, 2.05) is 0 Å². The zero-order chi connectivity index (χ0) is 13.1. The van der Waals surface area contributed by atoms with Gasteiger partial charge in [0, 0.05) is 0 Å². The normalized spacial score (nSPS) is 10.2. The molecule has 0 nitrogen and oxygen atoms in total. The molecule has 0 fully saturated rings. The number of fused-ring (bicyclic) bond motifs is 3. The molecule has 0 unspecified atom stereocenters. The summed E-state index contributed by atoms with van der Waals surface area (Å²) in [6.45, 7) is 4.28. The summed E-state index contributed by atoms with van der Waals surface area (Å²) in [5.74, 6) is 0. The third-order valence-electron chi connectivity index (χ3n) is 3.02. The van der Waals surface area contributed by atoms with E-state index < -0.39 is 20.8 Å². The Labute approximate surface area is 126 Å². The standard InChI is InChI=1S/C15H13.2ClH.Zr/c1-10-3-5-14-12(7-10)9-13-8-11(2)4-6-15(13)14;;;/h3-9H,1-2H3;2*1H;/q-1;;;+2/p-2. The molecule has 0 atom stereocenters. The van der Waals surface area contributed by atoms with Crippen molar-refractivity contribution in [3.63, 3.8) is 0 Å². The average Bonchev–Trinajstić information content (AvgIpc) is 2.65. The van der Waals surface area contributed by atoms with Crippen LogP contribution in [0.4, 0.5) is 0 Å².